The van der Waals surface area contributed by atoms with Crippen LogP contribution in [0.15, 0.2) is 34.7 Å². The lowest BCUT2D eigenvalue weighted by Crippen LogP contribution is -2.42. The van der Waals surface area contributed by atoms with E-state index < -0.39 is 0 Å². The van der Waals surface area contributed by atoms with Crippen molar-refractivity contribution in [3.63, 3.8) is 0 Å². The Balaban J connectivity index is 1.85. The molecule has 0 bridgehead atoms. The van der Waals surface area contributed by atoms with Crippen molar-refractivity contribution in [1.82, 2.24) is 4.90 Å². The van der Waals surface area contributed by atoms with E-state index in [0.717, 1.165) is 29.7 Å². The minimum Gasteiger partial charge on any atom is -0.459 e. The Labute approximate surface area is 124 Å². The Morgan fingerprint density at radius 2 is 2.30 bits per heavy atom. The lowest BCUT2D eigenvalue weighted by Gasteiger charge is -2.36. The van der Waals surface area contributed by atoms with Gasteiger partial charge in [0.05, 0.1) is 6.04 Å². The molecule has 0 saturated carbocycles. The molecule has 3 rings (SSSR count). The van der Waals surface area contributed by atoms with Gasteiger partial charge in [-0.1, -0.05) is 25.1 Å². The number of fused-ring (bicyclic) bond motifs is 1. The summed E-state index contributed by atoms with van der Waals surface area (Å²) in [5, 5.41) is 1.89. The molecule has 0 radical (unpaired) electrons. The number of para-hydroxylation sites is 1. The molecule has 4 heteroatoms. The number of hydrogen-bond acceptors (Lipinski definition) is 4. The van der Waals surface area contributed by atoms with E-state index in [4.69, 9.17) is 10.2 Å². The van der Waals surface area contributed by atoms with Gasteiger partial charge in [-0.2, -0.15) is 11.8 Å². The molecule has 20 heavy (non-hydrogen) atoms. The minimum atomic E-state index is 0.206. The number of benzene rings is 1. The molecule has 2 heterocycles. The molecule has 1 saturated heterocycles. The highest BCUT2D eigenvalue weighted by atomic mass is 32.2. The fraction of sp³-hybridized carbons (Fsp3) is 0.500. The van der Waals surface area contributed by atoms with E-state index in [1.165, 1.54) is 17.6 Å². The second-order valence-electron chi connectivity index (χ2n) is 5.33. The van der Waals surface area contributed by atoms with Crippen molar-refractivity contribution >= 4 is 22.7 Å². The largest absolute Gasteiger partial charge is 0.459 e. The Hall–Kier alpha value is -0.970. The topological polar surface area (TPSA) is 42.4 Å². The lowest BCUT2D eigenvalue weighted by atomic mass is 10.1. The maximum atomic E-state index is 6.04. The average Bonchev–Trinajstić information content (AvgIpc) is 2.91. The van der Waals surface area contributed by atoms with Gasteiger partial charge in [-0.3, -0.25) is 4.90 Å². The summed E-state index contributed by atoms with van der Waals surface area (Å²) >= 11 is 2.08. The van der Waals surface area contributed by atoms with Crippen molar-refractivity contribution in [2.24, 2.45) is 5.73 Å². The van der Waals surface area contributed by atoms with Crippen LogP contribution in [0.4, 0.5) is 0 Å². The summed E-state index contributed by atoms with van der Waals surface area (Å²) in [4.78, 5) is 2.49. The van der Waals surface area contributed by atoms with Gasteiger partial charge in [-0.25, -0.2) is 0 Å². The van der Waals surface area contributed by atoms with Gasteiger partial charge in [-0.05, 0) is 18.6 Å². The zero-order chi connectivity index (χ0) is 13.9. The first kappa shape index (κ1) is 14.0. The molecule has 2 N–H and O–H groups in total. The van der Waals surface area contributed by atoms with Crippen LogP contribution in [0.5, 0.6) is 0 Å². The first-order valence-corrected chi connectivity index (χ1v) is 8.41. The minimum absolute atomic E-state index is 0.206. The second kappa shape index (κ2) is 6.20. The molecule has 1 aliphatic heterocycles. The summed E-state index contributed by atoms with van der Waals surface area (Å²) in [5.74, 6) is 2.20. The summed E-state index contributed by atoms with van der Waals surface area (Å²) in [7, 11) is 0. The van der Waals surface area contributed by atoms with Crippen LogP contribution in [0, 0.1) is 0 Å². The lowest BCUT2D eigenvalue weighted by molar-refractivity contribution is 0.186. The van der Waals surface area contributed by atoms with Gasteiger partial charge in [0.1, 0.15) is 11.3 Å². The molecule has 1 aromatic carbocycles. The van der Waals surface area contributed by atoms with Crippen molar-refractivity contribution in [2.75, 3.05) is 25.4 Å². The molecule has 1 aromatic heterocycles. The van der Waals surface area contributed by atoms with Crippen LogP contribution >= 0.6 is 11.8 Å². The van der Waals surface area contributed by atoms with E-state index in [1.54, 1.807) is 0 Å². The van der Waals surface area contributed by atoms with E-state index in [9.17, 15) is 0 Å². The van der Waals surface area contributed by atoms with Crippen molar-refractivity contribution < 1.29 is 4.42 Å². The predicted molar refractivity (Wildman–Crippen MR) is 86.1 cm³/mol. The van der Waals surface area contributed by atoms with Gasteiger partial charge >= 0.3 is 0 Å². The standard InChI is InChI=1S/C16H22N2OS/c1-2-13-11-18(7-8-20-13)14(10-17)16-9-12-5-3-4-6-15(12)19-16/h3-6,9,13-14H,2,7-8,10-11,17H2,1H3. The zero-order valence-corrected chi connectivity index (χ0v) is 12.7. The van der Waals surface area contributed by atoms with Gasteiger partial charge < -0.3 is 10.2 Å². The molecular formula is C16H22N2OS. The monoisotopic (exact) mass is 290 g/mol. The summed E-state index contributed by atoms with van der Waals surface area (Å²) in [6, 6.07) is 10.5. The van der Waals surface area contributed by atoms with Crippen LogP contribution < -0.4 is 5.73 Å². The number of nitrogens with zero attached hydrogens (tertiary/aromatic N) is 1. The van der Waals surface area contributed by atoms with Crippen molar-refractivity contribution in [3.05, 3.63) is 36.1 Å². The van der Waals surface area contributed by atoms with E-state index in [1.807, 2.05) is 18.2 Å². The Morgan fingerprint density at radius 1 is 1.45 bits per heavy atom. The molecule has 0 amide bonds. The second-order valence-corrected chi connectivity index (χ2v) is 6.74. The Bertz CT molecular complexity index is 535. The van der Waals surface area contributed by atoms with Crippen LogP contribution in [-0.2, 0) is 0 Å². The first-order valence-electron chi connectivity index (χ1n) is 7.36. The molecule has 1 aliphatic rings. The van der Waals surface area contributed by atoms with Crippen molar-refractivity contribution in [2.45, 2.75) is 24.6 Å². The highest BCUT2D eigenvalue weighted by molar-refractivity contribution is 8.00. The van der Waals surface area contributed by atoms with Gasteiger partial charge in [0.15, 0.2) is 0 Å². The molecule has 2 atom stereocenters. The fourth-order valence-corrected chi connectivity index (χ4v) is 4.09. The summed E-state index contributed by atoms with van der Waals surface area (Å²) in [6.45, 7) is 5.08. The van der Waals surface area contributed by atoms with Gasteiger partial charge in [0, 0.05) is 36.0 Å². The molecule has 0 spiro atoms. The predicted octanol–water partition coefficient (Wildman–Crippen LogP) is 3.26. The highest BCUT2D eigenvalue weighted by Gasteiger charge is 2.27. The smallest absolute Gasteiger partial charge is 0.134 e. The van der Waals surface area contributed by atoms with Gasteiger partial charge in [0.25, 0.3) is 0 Å². The van der Waals surface area contributed by atoms with E-state index in [-0.39, 0.29) is 6.04 Å². The summed E-state index contributed by atoms with van der Waals surface area (Å²) in [5.41, 5.74) is 6.99. The van der Waals surface area contributed by atoms with Crippen molar-refractivity contribution in [3.8, 4) is 0 Å². The van der Waals surface area contributed by atoms with E-state index in [2.05, 4.69) is 35.7 Å². The third-order valence-electron chi connectivity index (χ3n) is 4.06. The Kier molecular flexibility index (Phi) is 4.34. The molecule has 108 valence electrons. The third-order valence-corrected chi connectivity index (χ3v) is 5.43. The van der Waals surface area contributed by atoms with Crippen LogP contribution in [0.25, 0.3) is 11.0 Å². The quantitative estimate of drug-likeness (QED) is 0.938. The van der Waals surface area contributed by atoms with Crippen molar-refractivity contribution in [1.29, 1.82) is 0 Å². The van der Waals surface area contributed by atoms with Gasteiger partial charge in [0.2, 0.25) is 0 Å². The molecule has 2 aromatic rings. The van der Waals surface area contributed by atoms with E-state index in [0.29, 0.717) is 6.54 Å². The van der Waals surface area contributed by atoms with Crippen LogP contribution in [0.2, 0.25) is 0 Å². The fourth-order valence-electron chi connectivity index (χ4n) is 2.88. The van der Waals surface area contributed by atoms with Gasteiger partial charge in [-0.15, -0.1) is 0 Å². The first-order chi connectivity index (χ1) is 9.81. The molecule has 3 nitrogen and oxygen atoms in total. The third kappa shape index (κ3) is 2.73. The molecule has 2 unspecified atom stereocenters. The average molecular weight is 290 g/mol. The summed E-state index contributed by atoms with van der Waals surface area (Å²) < 4.78 is 6.01. The number of hydrogen-bond donors (Lipinski definition) is 1. The number of thioether (sulfide) groups is 1. The number of furan rings is 1. The normalized spacial score (nSPS) is 22.2. The zero-order valence-electron chi connectivity index (χ0n) is 11.9. The van der Waals surface area contributed by atoms with Crippen LogP contribution in [0.3, 0.4) is 0 Å². The SMILES string of the molecule is CCC1CN(C(CN)c2cc3ccccc3o2)CCS1. The molecular weight excluding hydrogens is 268 g/mol. The molecule has 1 fully saturated rings. The number of nitrogens with two attached hydrogens (primary N) is 1. The maximum Gasteiger partial charge on any atom is 0.134 e. The van der Waals surface area contributed by atoms with E-state index >= 15 is 0 Å². The molecule has 0 aliphatic carbocycles. The highest BCUT2D eigenvalue weighted by Crippen LogP contribution is 2.31. The van der Waals surface area contributed by atoms with Crippen LogP contribution in [0.1, 0.15) is 25.1 Å². The van der Waals surface area contributed by atoms with Crippen LogP contribution in [-0.4, -0.2) is 35.5 Å². The number of rotatable bonds is 4. The summed E-state index contributed by atoms with van der Waals surface area (Å²) in [6.07, 6.45) is 1.22. The Morgan fingerprint density at radius 3 is 3.05 bits per heavy atom. The maximum absolute atomic E-state index is 6.04.